The molecule has 2 aliphatic rings. The minimum absolute atomic E-state index is 0.0224. The van der Waals surface area contributed by atoms with Gasteiger partial charge in [-0.1, -0.05) is 0 Å². The van der Waals surface area contributed by atoms with E-state index in [-0.39, 0.29) is 34.6 Å². The van der Waals surface area contributed by atoms with Crippen LogP contribution in [0.1, 0.15) is 59.2 Å². The van der Waals surface area contributed by atoms with Crippen molar-refractivity contribution in [3.05, 3.63) is 41.9 Å². The van der Waals surface area contributed by atoms with Crippen LogP contribution in [0.5, 0.6) is 0 Å². The van der Waals surface area contributed by atoms with E-state index in [0.717, 1.165) is 31.5 Å². The van der Waals surface area contributed by atoms with Gasteiger partial charge in [-0.3, -0.25) is 4.90 Å². The molecule has 1 aliphatic carbocycles. The smallest absolute Gasteiger partial charge is 0.229 e. The maximum Gasteiger partial charge on any atom is 0.229 e. The predicted octanol–water partition coefficient (Wildman–Crippen LogP) is 4.63. The Labute approximate surface area is 209 Å². The summed E-state index contributed by atoms with van der Waals surface area (Å²) < 4.78 is 30.5. The summed E-state index contributed by atoms with van der Waals surface area (Å²) in [4.78, 5) is 11.1. The predicted molar refractivity (Wildman–Crippen MR) is 133 cm³/mol. The van der Waals surface area contributed by atoms with Crippen LogP contribution in [0, 0.1) is 24.5 Å². The molecule has 0 bridgehead atoms. The molecule has 3 aromatic rings. The van der Waals surface area contributed by atoms with Crippen LogP contribution in [0.2, 0.25) is 0 Å². The second kappa shape index (κ2) is 9.02. The molecule has 9 nitrogen and oxygen atoms in total. The number of nitrogens with zero attached hydrogens (tertiary/aromatic N) is 7. The standard InChI is InChI=1S/C25H33F2N9/c1-15-32-33-34-36(15)21-10-17(8-9-19(21)26)30-23-28-13-20(27)22(31-23)29-18-11-24(2,3)35(14-16-6-7-16)25(4,5)12-18/h8-10,13,16,18H,6-7,11-12,14H2,1-5H3,(H2,28,29,30,31). The van der Waals surface area contributed by atoms with Gasteiger partial charge in [0.05, 0.1) is 6.20 Å². The molecule has 5 rings (SSSR count). The number of nitrogens with one attached hydrogen (secondary N) is 2. The zero-order chi connectivity index (χ0) is 25.7. The molecule has 1 aliphatic heterocycles. The lowest BCUT2D eigenvalue weighted by Crippen LogP contribution is -2.63. The number of anilines is 3. The van der Waals surface area contributed by atoms with Gasteiger partial charge in [-0.05, 0) is 94.8 Å². The van der Waals surface area contributed by atoms with Gasteiger partial charge in [0.25, 0.3) is 0 Å². The highest BCUT2D eigenvalue weighted by atomic mass is 19.1. The van der Waals surface area contributed by atoms with Gasteiger partial charge in [0.15, 0.2) is 17.5 Å². The first-order chi connectivity index (χ1) is 17.0. The quantitative estimate of drug-likeness (QED) is 0.488. The van der Waals surface area contributed by atoms with Crippen LogP contribution in [-0.2, 0) is 0 Å². The molecule has 192 valence electrons. The molecule has 36 heavy (non-hydrogen) atoms. The van der Waals surface area contributed by atoms with E-state index in [1.807, 2.05) is 0 Å². The third-order valence-corrected chi connectivity index (χ3v) is 7.23. The van der Waals surface area contributed by atoms with Gasteiger partial charge in [-0.2, -0.15) is 9.67 Å². The highest BCUT2D eigenvalue weighted by Gasteiger charge is 2.47. The van der Waals surface area contributed by atoms with E-state index in [0.29, 0.717) is 11.5 Å². The van der Waals surface area contributed by atoms with E-state index in [1.54, 1.807) is 19.1 Å². The fourth-order valence-corrected chi connectivity index (χ4v) is 5.53. The third kappa shape index (κ3) is 5.02. The summed E-state index contributed by atoms with van der Waals surface area (Å²) in [5.41, 5.74) is 0.663. The number of aromatic nitrogens is 6. The second-order valence-corrected chi connectivity index (χ2v) is 11.2. The summed E-state index contributed by atoms with van der Waals surface area (Å²) in [6, 6.07) is 4.47. The summed E-state index contributed by atoms with van der Waals surface area (Å²) in [5.74, 6) is 0.618. The Balaban J connectivity index is 1.33. The fourth-order valence-electron chi connectivity index (χ4n) is 5.53. The molecule has 1 aromatic carbocycles. The third-order valence-electron chi connectivity index (χ3n) is 7.23. The van der Waals surface area contributed by atoms with Crippen LogP contribution in [0.4, 0.5) is 26.2 Å². The van der Waals surface area contributed by atoms with E-state index in [9.17, 15) is 8.78 Å². The topological polar surface area (TPSA) is 96.7 Å². The summed E-state index contributed by atoms with van der Waals surface area (Å²) in [6.07, 6.45) is 5.53. The van der Waals surface area contributed by atoms with Gasteiger partial charge in [-0.15, -0.1) is 5.10 Å². The number of hydrogen-bond acceptors (Lipinski definition) is 8. The van der Waals surface area contributed by atoms with Gasteiger partial charge in [0.1, 0.15) is 11.5 Å². The van der Waals surface area contributed by atoms with Crippen molar-refractivity contribution >= 4 is 17.5 Å². The summed E-state index contributed by atoms with van der Waals surface area (Å²) in [6.45, 7) is 11.9. The van der Waals surface area contributed by atoms with Crippen molar-refractivity contribution in [2.45, 2.75) is 77.4 Å². The molecule has 0 radical (unpaired) electrons. The minimum Gasteiger partial charge on any atom is -0.365 e. The number of aryl methyl sites for hydroxylation is 1. The summed E-state index contributed by atoms with van der Waals surface area (Å²) in [5, 5.41) is 17.6. The maximum absolute atomic E-state index is 14.8. The molecule has 3 heterocycles. The largest absolute Gasteiger partial charge is 0.365 e. The van der Waals surface area contributed by atoms with Crippen molar-refractivity contribution in [1.29, 1.82) is 0 Å². The SMILES string of the molecule is Cc1nnnn1-c1cc(Nc2ncc(F)c(NC3CC(C)(C)N(CC4CC4)C(C)(C)C3)n2)ccc1F. The van der Waals surface area contributed by atoms with Gasteiger partial charge in [0, 0.05) is 29.4 Å². The second-order valence-electron chi connectivity index (χ2n) is 11.2. The minimum atomic E-state index is -0.513. The fraction of sp³-hybridized carbons (Fsp3) is 0.560. The molecular weight excluding hydrogens is 464 g/mol. The molecule has 11 heteroatoms. The average Bonchev–Trinajstić information content (AvgIpc) is 3.52. The van der Waals surface area contributed by atoms with E-state index in [4.69, 9.17) is 0 Å². The van der Waals surface area contributed by atoms with Gasteiger partial charge >= 0.3 is 0 Å². The Morgan fingerprint density at radius 1 is 1.06 bits per heavy atom. The highest BCUT2D eigenvalue weighted by molar-refractivity contribution is 5.59. The van der Waals surface area contributed by atoms with Gasteiger partial charge in [0.2, 0.25) is 5.95 Å². The molecule has 1 saturated heterocycles. The van der Waals surface area contributed by atoms with Crippen molar-refractivity contribution in [3.8, 4) is 5.69 Å². The monoisotopic (exact) mass is 497 g/mol. The number of rotatable bonds is 7. The molecule has 2 aromatic heterocycles. The Morgan fingerprint density at radius 3 is 2.42 bits per heavy atom. The van der Waals surface area contributed by atoms with Crippen LogP contribution in [-0.4, -0.2) is 58.7 Å². The van der Waals surface area contributed by atoms with E-state index >= 15 is 0 Å². The highest BCUT2D eigenvalue weighted by Crippen LogP contribution is 2.43. The molecule has 2 N–H and O–H groups in total. The Morgan fingerprint density at radius 2 is 1.78 bits per heavy atom. The maximum atomic E-state index is 14.8. The molecule has 0 spiro atoms. The van der Waals surface area contributed by atoms with Crippen LogP contribution in [0.25, 0.3) is 5.69 Å². The number of piperidine rings is 1. The van der Waals surface area contributed by atoms with Crippen molar-refractivity contribution < 1.29 is 8.78 Å². The summed E-state index contributed by atoms with van der Waals surface area (Å²) in [7, 11) is 0. The van der Waals surface area contributed by atoms with Crippen molar-refractivity contribution in [1.82, 2.24) is 35.1 Å². The zero-order valence-electron chi connectivity index (χ0n) is 21.4. The first-order valence-electron chi connectivity index (χ1n) is 12.4. The van der Waals surface area contributed by atoms with Crippen LogP contribution in [0.3, 0.4) is 0 Å². The molecule has 0 atom stereocenters. The lowest BCUT2D eigenvalue weighted by atomic mass is 9.76. The van der Waals surface area contributed by atoms with Gasteiger partial charge < -0.3 is 10.6 Å². The van der Waals surface area contributed by atoms with Crippen molar-refractivity contribution in [2.24, 2.45) is 5.92 Å². The van der Waals surface area contributed by atoms with Crippen LogP contribution >= 0.6 is 0 Å². The number of hydrogen-bond donors (Lipinski definition) is 2. The van der Waals surface area contributed by atoms with Crippen molar-refractivity contribution in [2.75, 3.05) is 17.2 Å². The number of benzene rings is 1. The molecule has 1 saturated carbocycles. The van der Waals surface area contributed by atoms with E-state index in [2.05, 4.69) is 68.7 Å². The Bertz CT molecular complexity index is 1230. The molecular formula is C25H33F2N9. The average molecular weight is 498 g/mol. The van der Waals surface area contributed by atoms with Crippen LogP contribution < -0.4 is 10.6 Å². The molecule has 0 unspecified atom stereocenters. The van der Waals surface area contributed by atoms with E-state index in [1.165, 1.54) is 23.6 Å². The molecule has 2 fully saturated rings. The van der Waals surface area contributed by atoms with E-state index < -0.39 is 11.6 Å². The first-order valence-corrected chi connectivity index (χ1v) is 12.4. The molecule has 0 amide bonds. The number of likely N-dealkylation sites (tertiary alicyclic amines) is 1. The number of tetrazole rings is 1. The summed E-state index contributed by atoms with van der Waals surface area (Å²) >= 11 is 0. The van der Waals surface area contributed by atoms with Gasteiger partial charge in [-0.25, -0.2) is 13.8 Å². The lowest BCUT2D eigenvalue weighted by Gasteiger charge is -2.55. The normalized spacial score (nSPS) is 19.9. The lowest BCUT2D eigenvalue weighted by molar-refractivity contribution is -0.0350. The number of halogens is 2. The Kier molecular flexibility index (Phi) is 6.14. The first kappa shape index (κ1) is 24.5. The van der Waals surface area contributed by atoms with Crippen LogP contribution in [0.15, 0.2) is 24.4 Å². The zero-order valence-corrected chi connectivity index (χ0v) is 21.4. The van der Waals surface area contributed by atoms with Crippen molar-refractivity contribution in [3.63, 3.8) is 0 Å². The Hall–Kier alpha value is -3.21.